The number of pyridine rings is 1. The summed E-state index contributed by atoms with van der Waals surface area (Å²) in [5, 5.41) is 0. The highest BCUT2D eigenvalue weighted by atomic mass is 16.5. The van der Waals surface area contributed by atoms with Crippen molar-refractivity contribution in [1.29, 1.82) is 0 Å². The molecule has 1 aromatic heterocycles. The van der Waals surface area contributed by atoms with Crippen LogP contribution in [0.1, 0.15) is 21.5 Å². The molecule has 4 heteroatoms. The van der Waals surface area contributed by atoms with Gasteiger partial charge in [0, 0.05) is 12.3 Å². The summed E-state index contributed by atoms with van der Waals surface area (Å²) in [5.41, 5.74) is 2.40. The minimum atomic E-state index is -0.447. The molecule has 1 aromatic carbocycles. The first-order valence-electron chi connectivity index (χ1n) is 5.94. The fourth-order valence-corrected chi connectivity index (χ4v) is 1.78. The van der Waals surface area contributed by atoms with E-state index in [-0.39, 0.29) is 5.56 Å². The smallest absolute Gasteiger partial charge is 0.339 e. The van der Waals surface area contributed by atoms with Crippen molar-refractivity contribution in [3.05, 3.63) is 69.6 Å². The number of rotatable bonds is 3. The van der Waals surface area contributed by atoms with Crippen molar-refractivity contribution >= 4 is 5.97 Å². The van der Waals surface area contributed by atoms with Gasteiger partial charge in [-0.25, -0.2) is 4.79 Å². The molecule has 4 nitrogen and oxygen atoms in total. The highest BCUT2D eigenvalue weighted by Gasteiger charge is 2.07. The standard InChI is InChI=1S/C15H15NO3/c1-11-3-5-12(6-4-11)9-16-10-13(15(18)19-2)7-8-14(16)17/h3-8,10H,9H2,1-2H3. The van der Waals surface area contributed by atoms with E-state index in [4.69, 9.17) is 0 Å². The predicted octanol–water partition coefficient (Wildman–Crippen LogP) is 1.99. The number of carbonyl (C=O) groups excluding carboxylic acids is 1. The number of esters is 1. The van der Waals surface area contributed by atoms with Crippen molar-refractivity contribution in [3.63, 3.8) is 0 Å². The summed E-state index contributed by atoms with van der Waals surface area (Å²) < 4.78 is 6.14. The van der Waals surface area contributed by atoms with Crippen LogP contribution in [-0.2, 0) is 11.3 Å². The molecule has 0 radical (unpaired) electrons. The lowest BCUT2D eigenvalue weighted by atomic mass is 10.1. The molecule has 0 spiro atoms. The zero-order valence-corrected chi connectivity index (χ0v) is 10.9. The van der Waals surface area contributed by atoms with Gasteiger partial charge in [-0.05, 0) is 18.6 Å². The molecule has 0 saturated carbocycles. The maximum atomic E-state index is 11.8. The van der Waals surface area contributed by atoms with Gasteiger partial charge in [-0.3, -0.25) is 4.79 Å². The van der Waals surface area contributed by atoms with Gasteiger partial charge in [0.2, 0.25) is 0 Å². The summed E-state index contributed by atoms with van der Waals surface area (Å²) in [6, 6.07) is 10.8. The Morgan fingerprint density at radius 3 is 2.47 bits per heavy atom. The van der Waals surface area contributed by atoms with Crippen LogP contribution in [0.4, 0.5) is 0 Å². The summed E-state index contributed by atoms with van der Waals surface area (Å²) in [6.07, 6.45) is 1.52. The van der Waals surface area contributed by atoms with Gasteiger partial charge >= 0.3 is 5.97 Å². The second-order valence-corrected chi connectivity index (χ2v) is 4.36. The Balaban J connectivity index is 2.31. The zero-order valence-electron chi connectivity index (χ0n) is 10.9. The number of aromatic nitrogens is 1. The Hall–Kier alpha value is -2.36. The van der Waals surface area contributed by atoms with Gasteiger partial charge in [-0.15, -0.1) is 0 Å². The topological polar surface area (TPSA) is 48.3 Å². The average molecular weight is 257 g/mol. The number of methoxy groups -OCH3 is 1. The van der Waals surface area contributed by atoms with Crippen LogP contribution in [0.3, 0.4) is 0 Å². The zero-order chi connectivity index (χ0) is 13.8. The van der Waals surface area contributed by atoms with E-state index in [1.165, 1.54) is 35.6 Å². The third kappa shape index (κ3) is 3.10. The number of ether oxygens (including phenoxy) is 1. The third-order valence-corrected chi connectivity index (χ3v) is 2.88. The monoisotopic (exact) mass is 257 g/mol. The number of benzene rings is 1. The lowest BCUT2D eigenvalue weighted by Crippen LogP contribution is -2.21. The van der Waals surface area contributed by atoms with E-state index in [0.717, 1.165) is 5.56 Å². The molecule has 0 amide bonds. The molecule has 98 valence electrons. The highest BCUT2D eigenvalue weighted by molar-refractivity contribution is 5.88. The number of hydrogen-bond donors (Lipinski definition) is 0. The van der Waals surface area contributed by atoms with Crippen LogP contribution < -0.4 is 5.56 Å². The van der Waals surface area contributed by atoms with Crippen LogP contribution in [0.5, 0.6) is 0 Å². The van der Waals surface area contributed by atoms with E-state index in [0.29, 0.717) is 12.1 Å². The van der Waals surface area contributed by atoms with E-state index in [1.807, 2.05) is 31.2 Å². The molecule has 19 heavy (non-hydrogen) atoms. The molecule has 0 unspecified atom stereocenters. The fourth-order valence-electron chi connectivity index (χ4n) is 1.78. The first-order chi connectivity index (χ1) is 9.10. The summed E-state index contributed by atoms with van der Waals surface area (Å²) in [7, 11) is 1.32. The minimum absolute atomic E-state index is 0.145. The van der Waals surface area contributed by atoms with E-state index in [2.05, 4.69) is 4.74 Å². The molecule has 0 aliphatic carbocycles. The SMILES string of the molecule is COC(=O)c1ccc(=O)n(Cc2ccc(C)cc2)c1. The van der Waals surface area contributed by atoms with Crippen molar-refractivity contribution in [2.75, 3.05) is 7.11 Å². The largest absolute Gasteiger partial charge is 0.465 e. The molecule has 1 heterocycles. The molecule has 2 aromatic rings. The van der Waals surface area contributed by atoms with Gasteiger partial charge in [0.15, 0.2) is 0 Å². The lowest BCUT2D eigenvalue weighted by Gasteiger charge is -2.07. The highest BCUT2D eigenvalue weighted by Crippen LogP contribution is 2.05. The normalized spacial score (nSPS) is 10.2. The Morgan fingerprint density at radius 2 is 1.84 bits per heavy atom. The Labute approximate surface area is 111 Å². The maximum Gasteiger partial charge on any atom is 0.339 e. The quantitative estimate of drug-likeness (QED) is 0.790. The number of nitrogens with zero attached hydrogens (tertiary/aromatic N) is 1. The Morgan fingerprint density at radius 1 is 1.16 bits per heavy atom. The van der Waals surface area contributed by atoms with Gasteiger partial charge in [-0.1, -0.05) is 29.8 Å². The third-order valence-electron chi connectivity index (χ3n) is 2.88. The van der Waals surface area contributed by atoms with E-state index in [1.54, 1.807) is 0 Å². The van der Waals surface area contributed by atoms with Crippen molar-refractivity contribution in [2.45, 2.75) is 13.5 Å². The van der Waals surface area contributed by atoms with Crippen molar-refractivity contribution in [3.8, 4) is 0 Å². The van der Waals surface area contributed by atoms with Crippen LogP contribution >= 0.6 is 0 Å². The summed E-state index contributed by atoms with van der Waals surface area (Å²) in [5.74, 6) is -0.447. The predicted molar refractivity (Wildman–Crippen MR) is 72.3 cm³/mol. The molecule has 0 aliphatic rings. The summed E-state index contributed by atoms with van der Waals surface area (Å²) >= 11 is 0. The first kappa shape index (κ1) is 13.1. The molecule has 0 N–H and O–H groups in total. The number of aryl methyl sites for hydroxylation is 1. The van der Waals surface area contributed by atoms with Crippen LogP contribution in [0, 0.1) is 6.92 Å². The maximum absolute atomic E-state index is 11.8. The second kappa shape index (κ2) is 5.52. The Kier molecular flexibility index (Phi) is 3.80. The van der Waals surface area contributed by atoms with Crippen LogP contribution in [0.25, 0.3) is 0 Å². The van der Waals surface area contributed by atoms with E-state index < -0.39 is 5.97 Å². The van der Waals surface area contributed by atoms with Crippen LogP contribution in [0.2, 0.25) is 0 Å². The average Bonchev–Trinajstić information content (AvgIpc) is 2.43. The van der Waals surface area contributed by atoms with Gasteiger partial charge in [-0.2, -0.15) is 0 Å². The van der Waals surface area contributed by atoms with Gasteiger partial charge in [0.05, 0.1) is 19.2 Å². The number of hydrogen-bond acceptors (Lipinski definition) is 3. The van der Waals surface area contributed by atoms with Gasteiger partial charge in [0.1, 0.15) is 0 Å². The van der Waals surface area contributed by atoms with Gasteiger partial charge < -0.3 is 9.30 Å². The van der Waals surface area contributed by atoms with Crippen molar-refractivity contribution < 1.29 is 9.53 Å². The fraction of sp³-hybridized carbons (Fsp3) is 0.200. The molecule has 0 fully saturated rings. The van der Waals surface area contributed by atoms with E-state index >= 15 is 0 Å². The lowest BCUT2D eigenvalue weighted by molar-refractivity contribution is 0.0599. The number of carbonyl (C=O) groups is 1. The molecule has 2 rings (SSSR count). The molecular weight excluding hydrogens is 242 g/mol. The van der Waals surface area contributed by atoms with Crippen molar-refractivity contribution in [1.82, 2.24) is 4.57 Å². The van der Waals surface area contributed by atoms with Crippen LogP contribution in [-0.4, -0.2) is 17.6 Å². The molecule has 0 atom stereocenters. The van der Waals surface area contributed by atoms with Gasteiger partial charge in [0.25, 0.3) is 5.56 Å². The van der Waals surface area contributed by atoms with E-state index in [9.17, 15) is 9.59 Å². The second-order valence-electron chi connectivity index (χ2n) is 4.36. The summed E-state index contributed by atoms with van der Waals surface area (Å²) in [4.78, 5) is 23.2. The summed E-state index contributed by atoms with van der Waals surface area (Å²) in [6.45, 7) is 2.44. The molecule has 0 saturated heterocycles. The molecule has 0 bridgehead atoms. The first-order valence-corrected chi connectivity index (χ1v) is 5.94. The Bertz CT molecular complexity index is 641. The van der Waals surface area contributed by atoms with Crippen molar-refractivity contribution in [2.24, 2.45) is 0 Å². The van der Waals surface area contributed by atoms with Crippen LogP contribution in [0.15, 0.2) is 47.4 Å². The molecular formula is C15H15NO3. The minimum Gasteiger partial charge on any atom is -0.465 e. The molecule has 0 aliphatic heterocycles.